The quantitative estimate of drug-likeness (QED) is 0.210. The van der Waals surface area contributed by atoms with Crippen LogP contribution in [0.5, 0.6) is 5.75 Å². The molecule has 0 saturated carbocycles. The normalized spacial score (nSPS) is 10.6. The highest BCUT2D eigenvalue weighted by molar-refractivity contribution is 6.40. The van der Waals surface area contributed by atoms with Crippen molar-refractivity contribution in [1.82, 2.24) is 10.7 Å². The SMILES string of the molecule is CCOc1ccccc1NC(=O)C(=O)N/N=C/c1ccc(CNC(=O)C(=O)Nc2ccc(C)c(C)c2)o1. The summed E-state index contributed by atoms with van der Waals surface area (Å²) < 4.78 is 10.9. The number of para-hydroxylation sites is 2. The van der Waals surface area contributed by atoms with Crippen molar-refractivity contribution in [3.63, 3.8) is 0 Å². The van der Waals surface area contributed by atoms with Crippen LogP contribution in [0.4, 0.5) is 11.4 Å². The van der Waals surface area contributed by atoms with Crippen molar-refractivity contribution < 1.29 is 28.3 Å². The third-order valence-electron chi connectivity index (χ3n) is 5.08. The molecule has 0 aliphatic heterocycles. The first-order chi connectivity index (χ1) is 17.8. The summed E-state index contributed by atoms with van der Waals surface area (Å²) in [6, 6.07) is 15.2. The Kier molecular flexibility index (Phi) is 9.14. The van der Waals surface area contributed by atoms with Crippen LogP contribution in [0, 0.1) is 13.8 Å². The highest BCUT2D eigenvalue weighted by Crippen LogP contribution is 2.23. The molecule has 0 atom stereocenters. The fraction of sp³-hybridized carbons (Fsp3) is 0.192. The monoisotopic (exact) mass is 505 g/mol. The average Bonchev–Trinajstić information content (AvgIpc) is 3.33. The fourth-order valence-corrected chi connectivity index (χ4v) is 3.05. The van der Waals surface area contributed by atoms with Crippen LogP contribution >= 0.6 is 0 Å². The van der Waals surface area contributed by atoms with Crippen LogP contribution in [0.2, 0.25) is 0 Å². The van der Waals surface area contributed by atoms with E-state index in [1.807, 2.05) is 19.9 Å². The molecule has 0 saturated heterocycles. The molecule has 11 nitrogen and oxygen atoms in total. The lowest BCUT2D eigenvalue weighted by Gasteiger charge is -2.10. The molecule has 0 radical (unpaired) electrons. The number of benzene rings is 2. The maximum Gasteiger partial charge on any atom is 0.329 e. The minimum absolute atomic E-state index is 0.0407. The van der Waals surface area contributed by atoms with Gasteiger partial charge in [-0.1, -0.05) is 18.2 Å². The third kappa shape index (κ3) is 7.79. The van der Waals surface area contributed by atoms with Gasteiger partial charge in [-0.2, -0.15) is 5.10 Å². The molecule has 11 heteroatoms. The zero-order valence-corrected chi connectivity index (χ0v) is 20.6. The number of nitrogens with zero attached hydrogens (tertiary/aromatic N) is 1. The van der Waals surface area contributed by atoms with Crippen LogP contribution in [-0.4, -0.2) is 36.5 Å². The second kappa shape index (κ2) is 12.7. The minimum Gasteiger partial charge on any atom is -0.492 e. The molecule has 0 bridgehead atoms. The van der Waals surface area contributed by atoms with Crippen LogP contribution in [0.3, 0.4) is 0 Å². The van der Waals surface area contributed by atoms with Crippen LogP contribution < -0.4 is 26.1 Å². The van der Waals surface area contributed by atoms with Gasteiger partial charge in [-0.05, 0) is 68.3 Å². The molecule has 0 fully saturated rings. The molecule has 3 rings (SSSR count). The van der Waals surface area contributed by atoms with Crippen molar-refractivity contribution in [2.24, 2.45) is 5.10 Å². The number of anilines is 2. The molecule has 1 aromatic heterocycles. The molecule has 0 spiro atoms. The van der Waals surface area contributed by atoms with Gasteiger partial charge in [-0.25, -0.2) is 5.43 Å². The second-order valence-electron chi connectivity index (χ2n) is 7.82. The summed E-state index contributed by atoms with van der Waals surface area (Å²) in [5.74, 6) is -2.50. The summed E-state index contributed by atoms with van der Waals surface area (Å²) in [5.41, 5.74) is 5.05. The summed E-state index contributed by atoms with van der Waals surface area (Å²) in [4.78, 5) is 48.3. The van der Waals surface area contributed by atoms with Crippen molar-refractivity contribution in [1.29, 1.82) is 0 Å². The molecule has 192 valence electrons. The topological polar surface area (TPSA) is 151 Å². The maximum absolute atomic E-state index is 12.1. The van der Waals surface area contributed by atoms with Crippen LogP contribution in [0.15, 0.2) is 64.1 Å². The smallest absolute Gasteiger partial charge is 0.329 e. The molecule has 0 unspecified atom stereocenters. The number of rotatable bonds is 8. The highest BCUT2D eigenvalue weighted by atomic mass is 16.5. The van der Waals surface area contributed by atoms with E-state index in [-0.39, 0.29) is 12.3 Å². The number of amides is 4. The van der Waals surface area contributed by atoms with E-state index in [0.29, 0.717) is 29.5 Å². The van der Waals surface area contributed by atoms with E-state index in [4.69, 9.17) is 9.15 Å². The zero-order valence-electron chi connectivity index (χ0n) is 20.6. The van der Waals surface area contributed by atoms with Gasteiger partial charge in [0.1, 0.15) is 17.3 Å². The van der Waals surface area contributed by atoms with E-state index in [2.05, 4.69) is 26.5 Å². The summed E-state index contributed by atoms with van der Waals surface area (Å²) in [7, 11) is 0. The molecule has 1 heterocycles. The Balaban J connectivity index is 1.45. The summed E-state index contributed by atoms with van der Waals surface area (Å²) in [6.45, 7) is 6.02. The molecule has 4 N–H and O–H groups in total. The molecule has 2 aromatic carbocycles. The van der Waals surface area contributed by atoms with Crippen LogP contribution in [-0.2, 0) is 25.7 Å². The first kappa shape index (κ1) is 26.7. The summed E-state index contributed by atoms with van der Waals surface area (Å²) >= 11 is 0. The molecule has 37 heavy (non-hydrogen) atoms. The largest absolute Gasteiger partial charge is 0.492 e. The molecule has 0 aliphatic carbocycles. The van der Waals surface area contributed by atoms with E-state index >= 15 is 0 Å². The van der Waals surface area contributed by atoms with Gasteiger partial charge in [0.25, 0.3) is 0 Å². The lowest BCUT2D eigenvalue weighted by molar-refractivity contribution is -0.136. The Morgan fingerprint density at radius 2 is 1.65 bits per heavy atom. The van der Waals surface area contributed by atoms with Gasteiger partial charge in [-0.3, -0.25) is 19.2 Å². The van der Waals surface area contributed by atoms with Crippen molar-refractivity contribution in [3.05, 3.63) is 77.2 Å². The highest BCUT2D eigenvalue weighted by Gasteiger charge is 2.16. The van der Waals surface area contributed by atoms with Crippen molar-refractivity contribution >= 4 is 41.2 Å². The van der Waals surface area contributed by atoms with Gasteiger partial charge in [0.05, 0.1) is 25.1 Å². The van der Waals surface area contributed by atoms with Crippen molar-refractivity contribution in [3.8, 4) is 5.75 Å². The number of furan rings is 1. The van der Waals surface area contributed by atoms with E-state index in [0.717, 1.165) is 11.1 Å². The van der Waals surface area contributed by atoms with Gasteiger partial charge < -0.3 is 25.1 Å². The van der Waals surface area contributed by atoms with Crippen LogP contribution in [0.1, 0.15) is 29.6 Å². The number of hydrogen-bond donors (Lipinski definition) is 4. The maximum atomic E-state index is 12.1. The van der Waals surface area contributed by atoms with Gasteiger partial charge in [0.2, 0.25) is 0 Å². The van der Waals surface area contributed by atoms with E-state index in [1.54, 1.807) is 55.5 Å². The third-order valence-corrected chi connectivity index (χ3v) is 5.08. The molecule has 3 aromatic rings. The Bertz CT molecular complexity index is 1330. The van der Waals surface area contributed by atoms with Gasteiger partial charge in [0.15, 0.2) is 0 Å². The lowest BCUT2D eigenvalue weighted by Crippen LogP contribution is -2.34. The number of carbonyl (C=O) groups is 4. The fourth-order valence-electron chi connectivity index (χ4n) is 3.05. The van der Waals surface area contributed by atoms with E-state index in [1.165, 1.54) is 6.21 Å². The second-order valence-corrected chi connectivity index (χ2v) is 7.82. The minimum atomic E-state index is -0.989. The van der Waals surface area contributed by atoms with Gasteiger partial charge in [0, 0.05) is 5.69 Å². The number of carbonyl (C=O) groups excluding carboxylic acids is 4. The first-order valence-corrected chi connectivity index (χ1v) is 11.4. The summed E-state index contributed by atoms with van der Waals surface area (Å²) in [6.07, 6.45) is 1.19. The first-order valence-electron chi connectivity index (χ1n) is 11.4. The predicted octanol–water partition coefficient (Wildman–Crippen LogP) is 2.64. The van der Waals surface area contributed by atoms with E-state index < -0.39 is 23.6 Å². The molecule has 0 aliphatic rings. The Labute approximate surface area is 213 Å². The molecular weight excluding hydrogens is 478 g/mol. The lowest BCUT2D eigenvalue weighted by atomic mass is 10.1. The molecular formula is C26H27N5O6. The van der Waals surface area contributed by atoms with E-state index in [9.17, 15) is 19.2 Å². The Morgan fingerprint density at radius 3 is 2.41 bits per heavy atom. The summed E-state index contributed by atoms with van der Waals surface area (Å²) in [5, 5.41) is 11.2. The Hall–Kier alpha value is -4.93. The number of ether oxygens (including phenoxy) is 1. The van der Waals surface area contributed by atoms with Gasteiger partial charge in [-0.15, -0.1) is 0 Å². The van der Waals surface area contributed by atoms with Crippen molar-refractivity contribution in [2.45, 2.75) is 27.3 Å². The Morgan fingerprint density at radius 1 is 0.892 bits per heavy atom. The standard InChI is InChI=1S/C26H27N5O6/c1-4-36-22-8-6-5-7-21(22)30-25(34)26(35)31-28-15-20-12-11-19(37-20)14-27-23(32)24(33)29-18-10-9-16(2)17(3)13-18/h5-13,15H,4,14H2,1-3H3,(H,27,32)(H,29,33)(H,30,34)(H,31,35)/b28-15+. The zero-order chi connectivity index (χ0) is 26.8. The number of hydrazone groups is 1. The average molecular weight is 506 g/mol. The van der Waals surface area contributed by atoms with Gasteiger partial charge >= 0.3 is 23.6 Å². The number of hydrogen-bond acceptors (Lipinski definition) is 7. The van der Waals surface area contributed by atoms with Crippen molar-refractivity contribution in [2.75, 3.05) is 17.2 Å². The number of aryl methyl sites for hydroxylation is 2. The number of nitrogens with one attached hydrogen (secondary N) is 4. The predicted molar refractivity (Wildman–Crippen MR) is 137 cm³/mol. The van der Waals surface area contributed by atoms with Crippen LogP contribution in [0.25, 0.3) is 0 Å². The molecule has 4 amide bonds.